The minimum atomic E-state index is -0.478. The van der Waals surface area contributed by atoms with Gasteiger partial charge in [0, 0.05) is 12.1 Å². The molecule has 16 heavy (non-hydrogen) atoms. The van der Waals surface area contributed by atoms with E-state index < -0.39 is 16.9 Å². The van der Waals surface area contributed by atoms with Crippen LogP contribution in [0.15, 0.2) is 24.3 Å². The molecule has 86 valence electrons. The fourth-order valence-corrected chi connectivity index (χ4v) is 1.01. The van der Waals surface area contributed by atoms with Crippen molar-refractivity contribution < 1.29 is 20.2 Å². The van der Waals surface area contributed by atoms with Gasteiger partial charge in [-0.2, -0.15) is 0 Å². The van der Waals surface area contributed by atoms with Crippen LogP contribution < -0.4 is 5.73 Å². The number of hydrogen-bond donors (Lipinski definition) is 1. The predicted molar refractivity (Wildman–Crippen MR) is 55.2 cm³/mol. The number of nitro benzene ring substituents is 1. The number of nitrogens with zero attached hydrogens (tertiary/aromatic N) is 1. The lowest BCUT2D eigenvalue weighted by molar-refractivity contribution is -0.403. The van der Waals surface area contributed by atoms with E-state index in [0.717, 1.165) is 0 Å². The Bertz CT molecular complexity index is 386. The summed E-state index contributed by atoms with van der Waals surface area (Å²) in [6.07, 6.45) is 0. The molecule has 3 N–H and O–H groups in total. The maximum atomic E-state index is 11.1. The van der Waals surface area contributed by atoms with Gasteiger partial charge in [0.15, 0.2) is 6.04 Å². The summed E-state index contributed by atoms with van der Waals surface area (Å²) in [5.74, 6) is -0.390. The Morgan fingerprint density at radius 1 is 1.50 bits per heavy atom. The van der Waals surface area contributed by atoms with Gasteiger partial charge in [-0.15, -0.1) is 0 Å². The van der Waals surface area contributed by atoms with Crippen molar-refractivity contribution in [1.29, 1.82) is 0 Å². The highest BCUT2D eigenvalue weighted by molar-refractivity contribution is 5.73. The fourth-order valence-electron chi connectivity index (χ4n) is 1.01. The van der Waals surface area contributed by atoms with Crippen LogP contribution >= 0.6 is 0 Å². The molecule has 0 spiro atoms. The average Bonchev–Trinajstić information content (AvgIpc) is 2.26. The summed E-state index contributed by atoms with van der Waals surface area (Å²) in [5.41, 5.74) is 4.25. The van der Waals surface area contributed by atoms with Gasteiger partial charge < -0.3 is 10.5 Å². The molecule has 0 saturated heterocycles. The van der Waals surface area contributed by atoms with E-state index in [4.69, 9.17) is 4.74 Å². The van der Waals surface area contributed by atoms with Crippen molar-refractivity contribution >= 4 is 11.7 Å². The summed E-state index contributed by atoms with van der Waals surface area (Å²) >= 11 is 0. The maximum absolute atomic E-state index is 11.1. The van der Waals surface area contributed by atoms with Crippen molar-refractivity contribution in [2.45, 2.75) is 19.6 Å². The van der Waals surface area contributed by atoms with Crippen LogP contribution in [0.2, 0.25) is 0 Å². The van der Waals surface area contributed by atoms with Gasteiger partial charge >= 0.3 is 5.97 Å². The molecule has 0 unspecified atom stereocenters. The zero-order valence-electron chi connectivity index (χ0n) is 8.88. The zero-order chi connectivity index (χ0) is 12.1. The van der Waals surface area contributed by atoms with Crippen LogP contribution in [0.5, 0.6) is 0 Å². The summed E-state index contributed by atoms with van der Waals surface area (Å²) in [6.45, 7) is 1.74. The van der Waals surface area contributed by atoms with Crippen LogP contribution in [0.1, 0.15) is 12.5 Å². The first kappa shape index (κ1) is 12.1. The molecule has 1 rings (SSSR count). The molecule has 0 bridgehead atoms. The van der Waals surface area contributed by atoms with E-state index in [-0.39, 0.29) is 12.3 Å². The van der Waals surface area contributed by atoms with Crippen molar-refractivity contribution in [2.75, 3.05) is 0 Å². The van der Waals surface area contributed by atoms with E-state index >= 15 is 0 Å². The molecule has 0 radical (unpaired) electrons. The van der Waals surface area contributed by atoms with E-state index in [0.29, 0.717) is 5.56 Å². The highest BCUT2D eigenvalue weighted by atomic mass is 16.6. The number of nitro groups is 1. The summed E-state index contributed by atoms with van der Waals surface area (Å²) in [4.78, 5) is 21.0. The molecule has 0 amide bonds. The molecule has 1 aromatic carbocycles. The second kappa shape index (κ2) is 5.22. The number of carbonyl (C=O) groups is 1. The lowest BCUT2D eigenvalue weighted by Gasteiger charge is -2.04. The third-order valence-corrected chi connectivity index (χ3v) is 1.93. The van der Waals surface area contributed by atoms with Crippen molar-refractivity contribution in [2.24, 2.45) is 0 Å². The molecule has 0 heterocycles. The first-order valence-corrected chi connectivity index (χ1v) is 4.73. The fraction of sp³-hybridized carbons (Fsp3) is 0.300. The number of quaternary nitrogens is 1. The molecule has 0 fully saturated rings. The van der Waals surface area contributed by atoms with Crippen molar-refractivity contribution in [3.05, 3.63) is 39.9 Å². The van der Waals surface area contributed by atoms with E-state index in [1.54, 1.807) is 19.1 Å². The first-order valence-electron chi connectivity index (χ1n) is 4.73. The third kappa shape index (κ3) is 3.32. The molecule has 0 aliphatic carbocycles. The van der Waals surface area contributed by atoms with E-state index in [1.807, 2.05) is 0 Å². The quantitative estimate of drug-likeness (QED) is 0.451. The summed E-state index contributed by atoms with van der Waals surface area (Å²) < 4.78 is 4.92. The standard InChI is InChI=1S/C10H12N2O4/c1-7(11)10(13)16-6-8-2-4-9(5-3-8)12(14)15/h2-5,7H,6,11H2,1H3/p+1/t7-/m0/s1. The molecule has 0 saturated carbocycles. The van der Waals surface area contributed by atoms with Gasteiger partial charge in [0.1, 0.15) is 6.61 Å². The van der Waals surface area contributed by atoms with Crippen LogP contribution in [-0.2, 0) is 16.1 Å². The summed E-state index contributed by atoms with van der Waals surface area (Å²) in [6, 6.07) is 5.43. The second-order valence-electron chi connectivity index (χ2n) is 3.43. The lowest BCUT2D eigenvalue weighted by atomic mass is 10.2. The second-order valence-corrected chi connectivity index (χ2v) is 3.43. The predicted octanol–water partition coefficient (Wildman–Crippen LogP) is 0.268. The van der Waals surface area contributed by atoms with E-state index in [1.165, 1.54) is 12.1 Å². The van der Waals surface area contributed by atoms with Crippen molar-refractivity contribution in [3.8, 4) is 0 Å². The molecule has 1 atom stereocenters. The molecule has 0 aromatic heterocycles. The van der Waals surface area contributed by atoms with Gasteiger partial charge in [0.25, 0.3) is 5.69 Å². The number of non-ortho nitro benzene ring substituents is 1. The number of rotatable bonds is 4. The Kier molecular flexibility index (Phi) is 3.96. The monoisotopic (exact) mass is 225 g/mol. The van der Waals surface area contributed by atoms with Crippen LogP contribution in [0.4, 0.5) is 5.69 Å². The van der Waals surface area contributed by atoms with Crippen LogP contribution in [0.25, 0.3) is 0 Å². The highest BCUT2D eigenvalue weighted by Gasteiger charge is 2.12. The number of esters is 1. The minimum Gasteiger partial charge on any atom is -0.456 e. The third-order valence-electron chi connectivity index (χ3n) is 1.93. The maximum Gasteiger partial charge on any atom is 0.364 e. The zero-order valence-corrected chi connectivity index (χ0v) is 8.88. The van der Waals surface area contributed by atoms with Gasteiger partial charge in [-0.1, -0.05) is 0 Å². The molecule has 6 heteroatoms. The van der Waals surface area contributed by atoms with Gasteiger partial charge in [0.05, 0.1) is 4.92 Å². The Hall–Kier alpha value is -1.95. The molecule has 6 nitrogen and oxygen atoms in total. The van der Waals surface area contributed by atoms with Crippen LogP contribution in [0, 0.1) is 10.1 Å². The van der Waals surface area contributed by atoms with Crippen LogP contribution in [-0.4, -0.2) is 16.9 Å². The first-order chi connectivity index (χ1) is 7.50. The van der Waals surface area contributed by atoms with Gasteiger partial charge in [0.2, 0.25) is 0 Å². The number of benzene rings is 1. The topological polar surface area (TPSA) is 97.1 Å². The molecule has 1 aromatic rings. The Balaban J connectivity index is 2.56. The summed E-state index contributed by atoms with van der Waals surface area (Å²) in [7, 11) is 0. The van der Waals surface area contributed by atoms with E-state index in [9.17, 15) is 14.9 Å². The SMILES string of the molecule is C[C@H]([NH3+])C(=O)OCc1ccc([N+](=O)[O-])cc1. The largest absolute Gasteiger partial charge is 0.456 e. The Morgan fingerprint density at radius 3 is 2.50 bits per heavy atom. The van der Waals surface area contributed by atoms with Crippen LogP contribution in [0.3, 0.4) is 0 Å². The molecular formula is C10H13N2O4+. The Labute approximate surface area is 92.2 Å². The van der Waals surface area contributed by atoms with E-state index in [2.05, 4.69) is 5.73 Å². The average molecular weight is 225 g/mol. The molecule has 0 aliphatic rings. The van der Waals surface area contributed by atoms with Crippen molar-refractivity contribution in [1.82, 2.24) is 0 Å². The van der Waals surface area contributed by atoms with Crippen molar-refractivity contribution in [3.63, 3.8) is 0 Å². The van der Waals surface area contributed by atoms with Gasteiger partial charge in [-0.3, -0.25) is 10.1 Å². The smallest absolute Gasteiger partial charge is 0.364 e. The molecule has 0 aliphatic heterocycles. The normalized spacial score (nSPS) is 11.9. The molecular weight excluding hydrogens is 212 g/mol. The summed E-state index contributed by atoms with van der Waals surface area (Å²) in [5, 5.41) is 10.4. The Morgan fingerprint density at radius 2 is 2.06 bits per heavy atom. The minimum absolute atomic E-state index is 0.0144. The number of carbonyl (C=O) groups excluding carboxylic acids is 1. The van der Waals surface area contributed by atoms with Gasteiger partial charge in [-0.25, -0.2) is 4.79 Å². The lowest BCUT2D eigenvalue weighted by Crippen LogP contribution is -2.63. The highest BCUT2D eigenvalue weighted by Crippen LogP contribution is 2.12. The number of ether oxygens (including phenoxy) is 1. The van der Waals surface area contributed by atoms with Gasteiger partial charge in [-0.05, 0) is 24.6 Å². The number of hydrogen-bond acceptors (Lipinski definition) is 4.